The number of carbonyl (C=O) groups excluding carboxylic acids is 1. The number of morpholine rings is 1. The van der Waals surface area contributed by atoms with E-state index < -0.39 is 10.0 Å². The Hall–Kier alpha value is -2.86. The second-order valence-electron chi connectivity index (χ2n) is 8.81. The molecule has 1 aromatic carbocycles. The van der Waals surface area contributed by atoms with Gasteiger partial charge in [-0.15, -0.1) is 0 Å². The number of hydrazone groups is 1. The van der Waals surface area contributed by atoms with E-state index >= 15 is 0 Å². The lowest BCUT2D eigenvalue weighted by Gasteiger charge is -2.35. The number of piperazine rings is 1. The third kappa shape index (κ3) is 5.37. The number of hydrogen-bond donors (Lipinski definition) is 0. The maximum absolute atomic E-state index is 12.8. The molecule has 11 heteroatoms. The van der Waals surface area contributed by atoms with Gasteiger partial charge in [-0.2, -0.15) is 9.41 Å². The van der Waals surface area contributed by atoms with Gasteiger partial charge in [0.15, 0.2) is 0 Å². The molecular formula is C24H30N6O4S. The summed E-state index contributed by atoms with van der Waals surface area (Å²) in [6.07, 6.45) is 2.21. The quantitative estimate of drug-likeness (QED) is 0.583. The SMILES string of the molecule is O=C(CN1CCN(c2ccc(S(=O)(=O)N3CCOCC3)cn2)CC1)N1CCC(c2ccccc2)=N1. The lowest BCUT2D eigenvalue weighted by Crippen LogP contribution is -2.49. The van der Waals surface area contributed by atoms with Gasteiger partial charge in [-0.3, -0.25) is 9.69 Å². The van der Waals surface area contributed by atoms with Crippen molar-refractivity contribution in [3.05, 3.63) is 54.2 Å². The van der Waals surface area contributed by atoms with Crippen LogP contribution in [0.1, 0.15) is 12.0 Å². The van der Waals surface area contributed by atoms with Crippen molar-refractivity contribution >= 4 is 27.5 Å². The Morgan fingerprint density at radius 2 is 1.66 bits per heavy atom. The normalized spacial score (nSPS) is 20.2. The predicted molar refractivity (Wildman–Crippen MR) is 132 cm³/mol. The van der Waals surface area contributed by atoms with Crippen LogP contribution in [0.2, 0.25) is 0 Å². The number of hydrogen-bond acceptors (Lipinski definition) is 8. The first kappa shape index (κ1) is 23.9. The van der Waals surface area contributed by atoms with Crippen molar-refractivity contribution in [2.24, 2.45) is 5.10 Å². The molecule has 1 aromatic heterocycles. The smallest absolute Gasteiger partial charge is 0.256 e. The molecule has 0 spiro atoms. The minimum atomic E-state index is -3.55. The summed E-state index contributed by atoms with van der Waals surface area (Å²) in [6, 6.07) is 13.4. The number of carbonyl (C=O) groups is 1. The van der Waals surface area contributed by atoms with Crippen LogP contribution in [0.15, 0.2) is 58.7 Å². The molecule has 0 radical (unpaired) electrons. The Kier molecular flexibility index (Phi) is 7.09. The van der Waals surface area contributed by atoms with Crippen molar-refractivity contribution in [1.29, 1.82) is 0 Å². The Morgan fingerprint density at radius 3 is 2.34 bits per heavy atom. The van der Waals surface area contributed by atoms with E-state index in [0.29, 0.717) is 52.5 Å². The van der Waals surface area contributed by atoms with Gasteiger partial charge >= 0.3 is 0 Å². The standard InChI is InChI=1S/C24H30N6O4S/c31-24(30-9-8-22(26-30)20-4-2-1-3-5-20)19-27-10-12-28(13-11-27)23-7-6-21(18-25-23)35(32,33)29-14-16-34-17-15-29/h1-7,18H,8-17,19H2. The van der Waals surface area contributed by atoms with Crippen LogP contribution in [-0.2, 0) is 19.6 Å². The van der Waals surface area contributed by atoms with Gasteiger partial charge in [0.25, 0.3) is 5.91 Å². The number of pyridine rings is 1. The molecular weight excluding hydrogens is 468 g/mol. The fourth-order valence-electron chi connectivity index (χ4n) is 4.53. The number of anilines is 1. The van der Waals surface area contributed by atoms with E-state index in [4.69, 9.17) is 4.74 Å². The average Bonchev–Trinajstić information content (AvgIpc) is 3.41. The number of amides is 1. The van der Waals surface area contributed by atoms with Crippen LogP contribution in [0.3, 0.4) is 0 Å². The van der Waals surface area contributed by atoms with Crippen LogP contribution >= 0.6 is 0 Å². The van der Waals surface area contributed by atoms with Crippen LogP contribution in [-0.4, -0.2) is 105 Å². The molecule has 0 bridgehead atoms. The van der Waals surface area contributed by atoms with Gasteiger partial charge < -0.3 is 9.64 Å². The summed E-state index contributed by atoms with van der Waals surface area (Å²) < 4.78 is 32.3. The largest absolute Gasteiger partial charge is 0.379 e. The molecule has 2 fully saturated rings. The van der Waals surface area contributed by atoms with Crippen LogP contribution in [0.25, 0.3) is 0 Å². The molecule has 10 nitrogen and oxygen atoms in total. The van der Waals surface area contributed by atoms with Crippen molar-refractivity contribution in [2.75, 3.05) is 70.5 Å². The number of rotatable bonds is 6. The fourth-order valence-corrected chi connectivity index (χ4v) is 5.88. The second-order valence-corrected chi connectivity index (χ2v) is 10.7. The molecule has 3 aliphatic rings. The van der Waals surface area contributed by atoms with E-state index in [1.54, 1.807) is 17.1 Å². The molecule has 35 heavy (non-hydrogen) atoms. The highest BCUT2D eigenvalue weighted by Crippen LogP contribution is 2.20. The van der Waals surface area contributed by atoms with Crippen molar-refractivity contribution < 1.29 is 17.9 Å². The summed E-state index contributed by atoms with van der Waals surface area (Å²) in [4.78, 5) is 21.7. The topological polar surface area (TPSA) is 98.7 Å². The second kappa shape index (κ2) is 10.4. The molecule has 1 amide bonds. The molecule has 3 aliphatic heterocycles. The molecule has 4 heterocycles. The summed E-state index contributed by atoms with van der Waals surface area (Å²) in [5.74, 6) is 0.758. The van der Waals surface area contributed by atoms with E-state index in [1.807, 2.05) is 30.3 Å². The van der Waals surface area contributed by atoms with Gasteiger partial charge in [0.2, 0.25) is 10.0 Å². The molecule has 0 aliphatic carbocycles. The zero-order valence-electron chi connectivity index (χ0n) is 19.6. The van der Waals surface area contributed by atoms with Gasteiger partial charge in [0.1, 0.15) is 10.7 Å². The van der Waals surface area contributed by atoms with Gasteiger partial charge in [0, 0.05) is 51.9 Å². The van der Waals surface area contributed by atoms with E-state index in [9.17, 15) is 13.2 Å². The fraction of sp³-hybridized carbons (Fsp3) is 0.458. The first-order valence-corrected chi connectivity index (χ1v) is 13.4. The highest BCUT2D eigenvalue weighted by atomic mass is 32.2. The molecule has 5 rings (SSSR count). The molecule has 0 unspecified atom stereocenters. The molecule has 2 saturated heterocycles. The maximum Gasteiger partial charge on any atom is 0.256 e. The molecule has 186 valence electrons. The van der Waals surface area contributed by atoms with E-state index in [-0.39, 0.29) is 10.8 Å². The summed E-state index contributed by atoms with van der Waals surface area (Å²) in [5.41, 5.74) is 2.02. The summed E-state index contributed by atoms with van der Waals surface area (Å²) in [5, 5.41) is 6.13. The summed E-state index contributed by atoms with van der Waals surface area (Å²) in [7, 11) is -3.55. The zero-order chi connectivity index (χ0) is 24.3. The number of sulfonamides is 1. The van der Waals surface area contributed by atoms with Crippen LogP contribution < -0.4 is 4.90 Å². The zero-order valence-corrected chi connectivity index (χ0v) is 20.4. The first-order valence-electron chi connectivity index (χ1n) is 12.0. The third-order valence-electron chi connectivity index (χ3n) is 6.58. The number of nitrogens with zero attached hydrogens (tertiary/aromatic N) is 6. The van der Waals surface area contributed by atoms with E-state index in [1.165, 1.54) is 10.5 Å². The monoisotopic (exact) mass is 498 g/mol. The van der Waals surface area contributed by atoms with Crippen molar-refractivity contribution in [3.8, 4) is 0 Å². The highest BCUT2D eigenvalue weighted by molar-refractivity contribution is 7.89. The number of benzene rings is 1. The maximum atomic E-state index is 12.8. The van der Waals surface area contributed by atoms with Crippen LogP contribution in [0.5, 0.6) is 0 Å². The minimum absolute atomic E-state index is 0.0141. The lowest BCUT2D eigenvalue weighted by atomic mass is 10.1. The summed E-state index contributed by atoms with van der Waals surface area (Å²) >= 11 is 0. The Balaban J connectivity index is 1.13. The van der Waals surface area contributed by atoms with Gasteiger partial charge in [-0.05, 0) is 17.7 Å². The van der Waals surface area contributed by atoms with Crippen LogP contribution in [0, 0.1) is 0 Å². The Bertz CT molecular complexity index is 1160. The molecule has 0 saturated carbocycles. The Morgan fingerprint density at radius 1 is 0.914 bits per heavy atom. The van der Waals surface area contributed by atoms with Crippen molar-refractivity contribution in [1.82, 2.24) is 19.2 Å². The van der Waals surface area contributed by atoms with Crippen LogP contribution in [0.4, 0.5) is 5.82 Å². The first-order chi connectivity index (χ1) is 17.0. The minimum Gasteiger partial charge on any atom is -0.379 e. The van der Waals surface area contributed by atoms with Gasteiger partial charge in [-0.1, -0.05) is 30.3 Å². The predicted octanol–water partition coefficient (Wildman–Crippen LogP) is 0.861. The molecule has 0 atom stereocenters. The lowest BCUT2D eigenvalue weighted by molar-refractivity contribution is -0.132. The van der Waals surface area contributed by atoms with Gasteiger partial charge in [-0.25, -0.2) is 18.4 Å². The molecule has 2 aromatic rings. The Labute approximate surface area is 205 Å². The van der Waals surface area contributed by atoms with Crippen molar-refractivity contribution in [2.45, 2.75) is 11.3 Å². The average molecular weight is 499 g/mol. The number of aromatic nitrogens is 1. The molecule has 0 N–H and O–H groups in total. The summed E-state index contributed by atoms with van der Waals surface area (Å²) in [6.45, 7) is 5.39. The van der Waals surface area contributed by atoms with Crippen molar-refractivity contribution in [3.63, 3.8) is 0 Å². The highest BCUT2D eigenvalue weighted by Gasteiger charge is 2.28. The van der Waals surface area contributed by atoms with E-state index in [2.05, 4.69) is 19.9 Å². The van der Waals surface area contributed by atoms with E-state index in [0.717, 1.165) is 36.6 Å². The van der Waals surface area contributed by atoms with Gasteiger partial charge in [0.05, 0.1) is 32.0 Å². The third-order valence-corrected chi connectivity index (χ3v) is 8.46. The number of ether oxygens (including phenoxy) is 1.